The first-order chi connectivity index (χ1) is 39.5. The number of rotatable bonds is 69. The van der Waals surface area contributed by atoms with Gasteiger partial charge in [-0.15, -0.1) is 0 Å². The topological polar surface area (TPSA) is 95.9 Å². The molecule has 0 spiro atoms. The van der Waals surface area contributed by atoms with E-state index in [9.17, 15) is 19.8 Å². The molecule has 0 radical (unpaired) electrons. The van der Waals surface area contributed by atoms with E-state index in [-0.39, 0.29) is 18.5 Å². The lowest BCUT2D eigenvalue weighted by molar-refractivity contribution is -0.143. The zero-order valence-electron chi connectivity index (χ0n) is 54.3. The largest absolute Gasteiger partial charge is 0.466 e. The molecular weight excluding hydrogens is 983 g/mol. The molecule has 2 atom stereocenters. The van der Waals surface area contributed by atoms with E-state index in [0.717, 1.165) is 44.9 Å². The van der Waals surface area contributed by atoms with Gasteiger partial charge in [0, 0.05) is 12.8 Å². The van der Waals surface area contributed by atoms with Crippen LogP contribution in [0.2, 0.25) is 0 Å². The fourth-order valence-electron chi connectivity index (χ4n) is 11.6. The average molecular weight is 1130 g/mol. The van der Waals surface area contributed by atoms with Gasteiger partial charge in [-0.05, 0) is 57.8 Å². The second-order valence-corrected chi connectivity index (χ2v) is 25.3. The highest BCUT2D eigenvalue weighted by Gasteiger charge is 2.18. The van der Waals surface area contributed by atoms with Crippen molar-refractivity contribution in [3.05, 3.63) is 24.3 Å². The summed E-state index contributed by atoms with van der Waals surface area (Å²) >= 11 is 0. The molecule has 0 aromatic carbocycles. The quantitative estimate of drug-likeness (QED) is 0.0320. The lowest BCUT2D eigenvalue weighted by Gasteiger charge is -2.20. The molecule has 0 aromatic heterocycles. The van der Waals surface area contributed by atoms with Crippen LogP contribution in [0.15, 0.2) is 24.3 Å². The third-order valence-corrected chi connectivity index (χ3v) is 17.2. The maximum absolute atomic E-state index is 12.5. The molecule has 0 saturated heterocycles. The zero-order valence-corrected chi connectivity index (χ0v) is 54.3. The predicted molar refractivity (Wildman–Crippen MR) is 352 cm³/mol. The number of esters is 1. The molecule has 0 aliphatic rings. The fourth-order valence-corrected chi connectivity index (χ4v) is 11.6. The number of allylic oxidation sites excluding steroid dienone is 3. The molecule has 0 aromatic rings. The van der Waals surface area contributed by atoms with Crippen LogP contribution in [0.5, 0.6) is 0 Å². The Kier molecular flexibility index (Phi) is 68.4. The van der Waals surface area contributed by atoms with Crippen molar-refractivity contribution in [3.63, 3.8) is 0 Å². The van der Waals surface area contributed by atoms with E-state index in [4.69, 9.17) is 4.74 Å². The minimum atomic E-state index is -0.848. The highest BCUT2D eigenvalue weighted by Crippen LogP contribution is 2.19. The Morgan fingerprint density at radius 2 is 0.588 bits per heavy atom. The van der Waals surface area contributed by atoms with E-state index in [2.05, 4.69) is 31.3 Å². The summed E-state index contributed by atoms with van der Waals surface area (Å²) in [5.74, 6) is -0.0568. The van der Waals surface area contributed by atoms with Crippen molar-refractivity contribution in [1.82, 2.24) is 5.32 Å². The highest BCUT2D eigenvalue weighted by molar-refractivity contribution is 5.76. The van der Waals surface area contributed by atoms with Crippen molar-refractivity contribution in [2.75, 3.05) is 13.2 Å². The number of carbonyl (C=O) groups excluding carboxylic acids is 2. The van der Waals surface area contributed by atoms with Crippen LogP contribution >= 0.6 is 0 Å². The SMILES string of the molecule is CCCCCCCC/C=C\CCCCCCCCCCCC(=O)OCCCCCCCCCCCCCCCCCCCCCC(=O)NC(CO)C(O)/C=C/CCCCCCCCCCCCCCCCCCCCCCCCC. The van der Waals surface area contributed by atoms with Gasteiger partial charge in [0.25, 0.3) is 0 Å². The number of carbonyl (C=O) groups is 2. The first-order valence-electron chi connectivity index (χ1n) is 36.6. The van der Waals surface area contributed by atoms with Crippen LogP contribution in [0.25, 0.3) is 0 Å². The van der Waals surface area contributed by atoms with Crippen LogP contribution in [0, 0.1) is 0 Å². The number of aliphatic hydroxyl groups is 2. The summed E-state index contributed by atoms with van der Waals surface area (Å²) in [7, 11) is 0. The average Bonchev–Trinajstić information content (AvgIpc) is 3.46. The van der Waals surface area contributed by atoms with Crippen LogP contribution in [0.1, 0.15) is 412 Å². The maximum Gasteiger partial charge on any atom is 0.305 e. The van der Waals surface area contributed by atoms with E-state index in [0.29, 0.717) is 19.4 Å². The van der Waals surface area contributed by atoms with Crippen molar-refractivity contribution in [2.24, 2.45) is 0 Å². The molecule has 0 heterocycles. The van der Waals surface area contributed by atoms with Gasteiger partial charge in [-0.2, -0.15) is 0 Å². The van der Waals surface area contributed by atoms with Crippen molar-refractivity contribution >= 4 is 11.9 Å². The molecule has 1 amide bonds. The van der Waals surface area contributed by atoms with Crippen LogP contribution in [-0.2, 0) is 14.3 Å². The van der Waals surface area contributed by atoms with E-state index in [1.165, 1.54) is 340 Å². The monoisotopic (exact) mass is 1130 g/mol. The van der Waals surface area contributed by atoms with Crippen molar-refractivity contribution in [2.45, 2.75) is 424 Å². The van der Waals surface area contributed by atoms with Gasteiger partial charge in [0.15, 0.2) is 0 Å². The minimum Gasteiger partial charge on any atom is -0.466 e. The van der Waals surface area contributed by atoms with E-state index < -0.39 is 12.1 Å². The first kappa shape index (κ1) is 78.3. The lowest BCUT2D eigenvalue weighted by atomic mass is 10.0. The molecule has 80 heavy (non-hydrogen) atoms. The molecule has 0 fully saturated rings. The predicted octanol–water partition coefficient (Wildman–Crippen LogP) is 23.7. The number of nitrogens with one attached hydrogen (secondary N) is 1. The molecule has 6 heteroatoms. The number of amides is 1. The first-order valence-corrected chi connectivity index (χ1v) is 36.6. The number of ether oxygens (including phenoxy) is 1. The molecule has 0 rings (SSSR count). The Bertz CT molecular complexity index is 1250. The molecule has 3 N–H and O–H groups in total. The Labute approximate surface area is 501 Å². The van der Waals surface area contributed by atoms with Crippen molar-refractivity contribution < 1.29 is 24.5 Å². The number of unbranched alkanes of at least 4 members (excludes halogenated alkanes) is 56. The second-order valence-electron chi connectivity index (χ2n) is 25.3. The third-order valence-electron chi connectivity index (χ3n) is 17.2. The fraction of sp³-hybridized carbons (Fsp3) is 0.919. The van der Waals surface area contributed by atoms with Gasteiger partial charge >= 0.3 is 5.97 Å². The normalized spacial score (nSPS) is 12.6. The van der Waals surface area contributed by atoms with Crippen LogP contribution in [-0.4, -0.2) is 47.4 Å². The molecule has 0 bridgehead atoms. The molecule has 6 nitrogen and oxygen atoms in total. The third kappa shape index (κ3) is 65.5. The van der Waals surface area contributed by atoms with Gasteiger partial charge in [-0.1, -0.05) is 366 Å². The Morgan fingerprint density at radius 1 is 0.338 bits per heavy atom. The minimum absolute atomic E-state index is 0.00913. The zero-order chi connectivity index (χ0) is 57.8. The Morgan fingerprint density at radius 3 is 0.887 bits per heavy atom. The summed E-state index contributed by atoms with van der Waals surface area (Å²) in [5, 5.41) is 23.3. The lowest BCUT2D eigenvalue weighted by Crippen LogP contribution is -2.45. The van der Waals surface area contributed by atoms with E-state index in [1.807, 2.05) is 6.08 Å². The summed E-state index contributed by atoms with van der Waals surface area (Å²) in [6.07, 6.45) is 88.3. The molecule has 2 unspecified atom stereocenters. The van der Waals surface area contributed by atoms with Crippen LogP contribution in [0.3, 0.4) is 0 Å². The van der Waals surface area contributed by atoms with Gasteiger partial charge in [0.2, 0.25) is 5.91 Å². The maximum atomic E-state index is 12.5. The summed E-state index contributed by atoms with van der Waals surface area (Å²) in [5.41, 5.74) is 0. The number of hydrogen-bond donors (Lipinski definition) is 3. The van der Waals surface area contributed by atoms with Crippen molar-refractivity contribution in [1.29, 1.82) is 0 Å². The molecule has 0 aliphatic carbocycles. The van der Waals surface area contributed by atoms with E-state index >= 15 is 0 Å². The molecule has 0 aliphatic heterocycles. The standard InChI is InChI=1S/C74H143NO5/c1-3-5-7-9-11-13-15-17-19-21-23-24-25-26-27-28-31-34-38-42-46-50-54-58-62-66-72(77)71(70-76)75-73(78)67-63-59-55-51-47-43-39-35-32-29-33-37-41-45-49-53-57-61-65-69-80-74(79)68-64-60-56-52-48-44-40-36-30-22-20-18-16-14-12-10-8-6-4-2/h18,20,62,66,71-72,76-77H,3-17,19,21-61,63-65,67-70H2,1-2H3,(H,75,78)/b20-18-,66-62+. The van der Waals surface area contributed by atoms with Gasteiger partial charge in [-0.25, -0.2) is 0 Å². The van der Waals surface area contributed by atoms with E-state index in [1.54, 1.807) is 6.08 Å². The molecular formula is C74H143NO5. The van der Waals surface area contributed by atoms with Crippen LogP contribution < -0.4 is 5.32 Å². The van der Waals surface area contributed by atoms with Gasteiger partial charge in [-0.3, -0.25) is 9.59 Å². The number of aliphatic hydroxyl groups excluding tert-OH is 2. The molecule has 474 valence electrons. The van der Waals surface area contributed by atoms with Gasteiger partial charge in [0.05, 0.1) is 25.4 Å². The second kappa shape index (κ2) is 69.8. The van der Waals surface area contributed by atoms with Gasteiger partial charge in [0.1, 0.15) is 0 Å². The highest BCUT2D eigenvalue weighted by atomic mass is 16.5. The Hall–Kier alpha value is -1.66. The van der Waals surface area contributed by atoms with Crippen molar-refractivity contribution in [3.8, 4) is 0 Å². The Balaban J connectivity index is 3.41. The van der Waals surface area contributed by atoms with Gasteiger partial charge < -0.3 is 20.3 Å². The summed E-state index contributed by atoms with van der Waals surface area (Å²) in [6.45, 7) is 4.94. The summed E-state index contributed by atoms with van der Waals surface area (Å²) in [4.78, 5) is 24.7. The number of hydrogen-bond acceptors (Lipinski definition) is 5. The summed E-state index contributed by atoms with van der Waals surface area (Å²) in [6, 6.07) is -0.632. The van der Waals surface area contributed by atoms with Crippen LogP contribution in [0.4, 0.5) is 0 Å². The molecule has 0 saturated carbocycles. The smallest absolute Gasteiger partial charge is 0.305 e. The summed E-state index contributed by atoms with van der Waals surface area (Å²) < 4.78 is 5.51.